The van der Waals surface area contributed by atoms with Crippen molar-refractivity contribution < 1.29 is 18.7 Å². The summed E-state index contributed by atoms with van der Waals surface area (Å²) >= 11 is 6.37. The van der Waals surface area contributed by atoms with Gasteiger partial charge in [-0.1, -0.05) is 23.7 Å². The molecule has 0 atom stereocenters. The standard InChI is InChI=1S/C22H19ClFN7O3/c1-12-18(19(23)31(30-12)14-9-7-13(24)8-10-14)20(32)34-11-17-27-21(25)29-22(28-17)26-15-5-3-4-6-16(15)33-2/h3-10H,11H2,1-2H3,(H3,25,26,27,28,29). The van der Waals surface area contributed by atoms with E-state index in [0.29, 0.717) is 22.8 Å². The van der Waals surface area contributed by atoms with Gasteiger partial charge in [-0.3, -0.25) is 0 Å². The second kappa shape index (κ2) is 9.71. The van der Waals surface area contributed by atoms with E-state index in [4.69, 9.17) is 26.8 Å². The predicted molar refractivity (Wildman–Crippen MR) is 123 cm³/mol. The van der Waals surface area contributed by atoms with E-state index in [0.717, 1.165) is 0 Å². The summed E-state index contributed by atoms with van der Waals surface area (Å²) in [4.78, 5) is 25.0. The number of esters is 1. The lowest BCUT2D eigenvalue weighted by Gasteiger charge is -2.11. The highest BCUT2D eigenvalue weighted by Crippen LogP contribution is 2.26. The summed E-state index contributed by atoms with van der Waals surface area (Å²) in [5, 5.41) is 7.29. The molecule has 4 aromatic rings. The third kappa shape index (κ3) is 4.89. The lowest BCUT2D eigenvalue weighted by molar-refractivity contribution is 0.0461. The highest BCUT2D eigenvalue weighted by atomic mass is 35.5. The smallest absolute Gasteiger partial charge is 0.343 e. The number of hydrogen-bond donors (Lipinski definition) is 2. The molecule has 2 aromatic heterocycles. The first-order chi connectivity index (χ1) is 16.4. The highest BCUT2D eigenvalue weighted by Gasteiger charge is 2.23. The first-order valence-corrected chi connectivity index (χ1v) is 10.3. The molecule has 12 heteroatoms. The Bertz CT molecular complexity index is 1350. The summed E-state index contributed by atoms with van der Waals surface area (Å²) in [6.07, 6.45) is 0. The van der Waals surface area contributed by atoms with E-state index in [1.807, 2.05) is 12.1 Å². The lowest BCUT2D eigenvalue weighted by Crippen LogP contribution is -2.12. The zero-order valence-corrected chi connectivity index (χ0v) is 18.9. The van der Waals surface area contributed by atoms with E-state index in [1.165, 1.54) is 28.9 Å². The summed E-state index contributed by atoms with van der Waals surface area (Å²) in [5.74, 6) is -0.331. The maximum atomic E-state index is 13.2. The van der Waals surface area contributed by atoms with E-state index < -0.39 is 11.8 Å². The summed E-state index contributed by atoms with van der Waals surface area (Å²) in [6, 6.07) is 12.7. The molecule has 0 aliphatic heterocycles. The zero-order valence-electron chi connectivity index (χ0n) is 18.1. The Morgan fingerprint density at radius 2 is 1.88 bits per heavy atom. The molecule has 0 spiro atoms. The quantitative estimate of drug-likeness (QED) is 0.376. The van der Waals surface area contributed by atoms with E-state index in [-0.39, 0.29) is 35.0 Å². The fourth-order valence-corrected chi connectivity index (χ4v) is 3.46. The number of anilines is 3. The molecule has 10 nitrogen and oxygen atoms in total. The number of hydrogen-bond acceptors (Lipinski definition) is 9. The number of halogens is 2. The number of nitrogens with two attached hydrogens (primary N) is 1. The van der Waals surface area contributed by atoms with Crippen LogP contribution in [-0.4, -0.2) is 37.8 Å². The average molecular weight is 484 g/mol. The second-order valence-corrected chi connectivity index (χ2v) is 7.33. The van der Waals surface area contributed by atoms with Crippen LogP contribution in [0.15, 0.2) is 48.5 Å². The average Bonchev–Trinajstić information content (AvgIpc) is 3.12. The number of aromatic nitrogens is 5. The van der Waals surface area contributed by atoms with Gasteiger partial charge in [-0.05, 0) is 43.3 Å². The molecule has 0 aliphatic carbocycles. The van der Waals surface area contributed by atoms with Gasteiger partial charge in [0.1, 0.15) is 22.3 Å². The van der Waals surface area contributed by atoms with Gasteiger partial charge in [-0.25, -0.2) is 13.9 Å². The largest absolute Gasteiger partial charge is 0.495 e. The lowest BCUT2D eigenvalue weighted by atomic mass is 10.2. The second-order valence-electron chi connectivity index (χ2n) is 6.97. The minimum atomic E-state index is -0.728. The van der Waals surface area contributed by atoms with Crippen molar-refractivity contribution in [1.29, 1.82) is 0 Å². The van der Waals surface area contributed by atoms with Crippen LogP contribution in [0, 0.1) is 12.7 Å². The zero-order chi connectivity index (χ0) is 24.2. The summed E-state index contributed by atoms with van der Waals surface area (Å²) < 4.78 is 25.2. The van der Waals surface area contributed by atoms with Crippen molar-refractivity contribution >= 4 is 35.2 Å². The minimum Gasteiger partial charge on any atom is -0.495 e. The Kier molecular flexibility index (Phi) is 6.55. The molecule has 0 saturated carbocycles. The summed E-state index contributed by atoms with van der Waals surface area (Å²) in [5.41, 5.74) is 7.31. The van der Waals surface area contributed by atoms with Crippen LogP contribution in [0.1, 0.15) is 21.9 Å². The molecule has 0 aliphatic rings. The van der Waals surface area contributed by atoms with Crippen molar-refractivity contribution in [2.75, 3.05) is 18.2 Å². The van der Waals surface area contributed by atoms with Crippen molar-refractivity contribution in [2.45, 2.75) is 13.5 Å². The monoisotopic (exact) mass is 483 g/mol. The van der Waals surface area contributed by atoms with Crippen molar-refractivity contribution in [1.82, 2.24) is 24.7 Å². The van der Waals surface area contributed by atoms with E-state index in [2.05, 4.69) is 25.4 Å². The van der Waals surface area contributed by atoms with Gasteiger partial charge >= 0.3 is 5.97 Å². The number of nitrogens with zero attached hydrogens (tertiary/aromatic N) is 5. The molecule has 2 aromatic carbocycles. The number of carbonyl (C=O) groups excluding carboxylic acids is 1. The first kappa shape index (κ1) is 22.9. The molecule has 3 N–H and O–H groups in total. The Labute approximate surface area is 198 Å². The topological polar surface area (TPSA) is 130 Å². The number of nitrogens with one attached hydrogen (secondary N) is 1. The number of carbonyl (C=O) groups is 1. The van der Waals surface area contributed by atoms with Gasteiger partial charge in [-0.2, -0.15) is 20.1 Å². The normalized spacial score (nSPS) is 10.7. The van der Waals surface area contributed by atoms with Crippen molar-refractivity contribution in [2.24, 2.45) is 0 Å². The minimum absolute atomic E-state index is 0.0304. The van der Waals surface area contributed by atoms with Crippen LogP contribution in [0.5, 0.6) is 5.75 Å². The number of para-hydroxylation sites is 2. The number of nitrogen functional groups attached to an aromatic ring is 1. The Morgan fingerprint density at radius 1 is 1.15 bits per heavy atom. The third-order valence-electron chi connectivity index (χ3n) is 4.66. The van der Waals surface area contributed by atoms with E-state index >= 15 is 0 Å². The maximum Gasteiger partial charge on any atom is 0.343 e. The van der Waals surface area contributed by atoms with Gasteiger partial charge in [0.2, 0.25) is 11.9 Å². The summed E-state index contributed by atoms with van der Waals surface area (Å²) in [7, 11) is 1.54. The number of aryl methyl sites for hydroxylation is 1. The molecule has 2 heterocycles. The molecular formula is C22H19ClFN7O3. The van der Waals surface area contributed by atoms with Gasteiger partial charge in [-0.15, -0.1) is 0 Å². The number of benzene rings is 2. The highest BCUT2D eigenvalue weighted by molar-refractivity contribution is 6.33. The molecule has 0 radical (unpaired) electrons. The molecule has 0 saturated heterocycles. The van der Waals surface area contributed by atoms with Crippen molar-refractivity contribution in [3.63, 3.8) is 0 Å². The van der Waals surface area contributed by atoms with E-state index in [1.54, 1.807) is 26.2 Å². The van der Waals surface area contributed by atoms with Crippen LogP contribution in [0.25, 0.3) is 5.69 Å². The molecule has 0 unspecified atom stereocenters. The molecule has 0 bridgehead atoms. The van der Waals surface area contributed by atoms with Gasteiger partial charge < -0.3 is 20.5 Å². The third-order valence-corrected chi connectivity index (χ3v) is 5.01. The van der Waals surface area contributed by atoms with Gasteiger partial charge in [0, 0.05) is 0 Å². The number of rotatable bonds is 7. The Morgan fingerprint density at radius 3 is 2.62 bits per heavy atom. The number of methoxy groups -OCH3 is 1. The Hall–Kier alpha value is -4.25. The van der Waals surface area contributed by atoms with Gasteiger partial charge in [0.05, 0.1) is 24.2 Å². The van der Waals surface area contributed by atoms with Crippen LogP contribution in [-0.2, 0) is 11.3 Å². The molecule has 34 heavy (non-hydrogen) atoms. The van der Waals surface area contributed by atoms with Crippen molar-refractivity contribution in [3.8, 4) is 11.4 Å². The molecule has 174 valence electrons. The molecule has 0 fully saturated rings. The van der Waals surface area contributed by atoms with Crippen LogP contribution in [0.2, 0.25) is 5.15 Å². The molecular weight excluding hydrogens is 465 g/mol. The van der Waals surface area contributed by atoms with Gasteiger partial charge in [0.25, 0.3) is 0 Å². The van der Waals surface area contributed by atoms with Crippen LogP contribution < -0.4 is 15.8 Å². The summed E-state index contributed by atoms with van der Waals surface area (Å²) in [6.45, 7) is 1.32. The fourth-order valence-electron chi connectivity index (χ4n) is 3.11. The van der Waals surface area contributed by atoms with E-state index in [9.17, 15) is 9.18 Å². The predicted octanol–water partition coefficient (Wildman–Crippen LogP) is 3.85. The first-order valence-electron chi connectivity index (χ1n) is 9.94. The molecule has 0 amide bonds. The SMILES string of the molecule is COc1ccccc1Nc1nc(N)nc(COC(=O)c2c(C)nn(-c3ccc(F)cc3)c2Cl)n1. The fraction of sp³-hybridized carbons (Fsp3) is 0.136. The van der Waals surface area contributed by atoms with Crippen LogP contribution in [0.4, 0.5) is 22.0 Å². The van der Waals surface area contributed by atoms with Crippen LogP contribution in [0.3, 0.4) is 0 Å². The number of ether oxygens (including phenoxy) is 2. The molecule has 4 rings (SSSR count). The van der Waals surface area contributed by atoms with Gasteiger partial charge in [0.15, 0.2) is 12.4 Å². The maximum absolute atomic E-state index is 13.2. The van der Waals surface area contributed by atoms with Crippen LogP contribution >= 0.6 is 11.6 Å². The van der Waals surface area contributed by atoms with Crippen molar-refractivity contribution in [3.05, 3.63) is 76.6 Å². The Balaban J connectivity index is 1.51.